The van der Waals surface area contributed by atoms with E-state index in [9.17, 15) is 0 Å². The molecule has 0 saturated heterocycles. The van der Waals surface area contributed by atoms with Crippen molar-refractivity contribution >= 4 is 23.2 Å². The third-order valence-corrected chi connectivity index (χ3v) is 3.16. The lowest BCUT2D eigenvalue weighted by Gasteiger charge is -2.12. The summed E-state index contributed by atoms with van der Waals surface area (Å²) in [5, 5.41) is 1.23. The summed E-state index contributed by atoms with van der Waals surface area (Å²) in [4.78, 5) is 0. The number of benzene rings is 1. The van der Waals surface area contributed by atoms with Crippen LogP contribution in [0.1, 0.15) is 18.9 Å². The molecule has 1 aromatic rings. The molecule has 0 bridgehead atoms. The molecule has 1 unspecified atom stereocenters. The van der Waals surface area contributed by atoms with Crippen LogP contribution in [0, 0.1) is 5.92 Å². The van der Waals surface area contributed by atoms with Gasteiger partial charge >= 0.3 is 0 Å². The molecule has 0 heterocycles. The van der Waals surface area contributed by atoms with Gasteiger partial charge in [-0.1, -0.05) is 42.6 Å². The second-order valence-electron chi connectivity index (χ2n) is 3.46. The van der Waals surface area contributed by atoms with Crippen molar-refractivity contribution in [2.24, 2.45) is 11.7 Å². The van der Waals surface area contributed by atoms with Crippen LogP contribution in [0.25, 0.3) is 0 Å². The van der Waals surface area contributed by atoms with Gasteiger partial charge in [0.1, 0.15) is 0 Å². The van der Waals surface area contributed by atoms with Crippen molar-refractivity contribution in [1.82, 2.24) is 0 Å². The van der Waals surface area contributed by atoms with Gasteiger partial charge in [0.25, 0.3) is 0 Å². The van der Waals surface area contributed by atoms with Gasteiger partial charge in [0.2, 0.25) is 0 Å². The van der Waals surface area contributed by atoms with Crippen LogP contribution in [0.3, 0.4) is 0 Å². The van der Waals surface area contributed by atoms with Crippen molar-refractivity contribution in [2.75, 3.05) is 6.54 Å². The van der Waals surface area contributed by atoms with E-state index in [1.54, 1.807) is 0 Å². The normalized spacial score (nSPS) is 12.9. The zero-order valence-corrected chi connectivity index (χ0v) is 9.78. The highest BCUT2D eigenvalue weighted by Crippen LogP contribution is 2.24. The van der Waals surface area contributed by atoms with E-state index in [0.717, 1.165) is 19.4 Å². The molecule has 0 aromatic heterocycles. The average molecular weight is 232 g/mol. The van der Waals surface area contributed by atoms with Crippen LogP contribution in [-0.4, -0.2) is 6.54 Å². The molecule has 0 aliphatic carbocycles. The predicted octanol–water partition coefficient (Wildman–Crippen LogP) is 3.52. The van der Waals surface area contributed by atoms with Crippen molar-refractivity contribution in [3.8, 4) is 0 Å². The Kier molecular flexibility index (Phi) is 4.73. The van der Waals surface area contributed by atoms with Gasteiger partial charge in [-0.25, -0.2) is 0 Å². The number of nitrogens with two attached hydrogens (primary N) is 1. The Hall–Kier alpha value is -0.240. The van der Waals surface area contributed by atoms with Gasteiger partial charge in [0, 0.05) is 0 Å². The van der Waals surface area contributed by atoms with Gasteiger partial charge in [-0.2, -0.15) is 0 Å². The maximum absolute atomic E-state index is 5.92. The van der Waals surface area contributed by atoms with Crippen molar-refractivity contribution in [2.45, 2.75) is 19.8 Å². The molecule has 0 amide bonds. The minimum Gasteiger partial charge on any atom is -0.330 e. The summed E-state index contributed by atoms with van der Waals surface area (Å²) in [6, 6.07) is 5.76. The lowest BCUT2D eigenvalue weighted by Crippen LogP contribution is -2.15. The summed E-state index contributed by atoms with van der Waals surface area (Å²) in [6.07, 6.45) is 2.07. The molecule has 3 heteroatoms. The van der Waals surface area contributed by atoms with Crippen molar-refractivity contribution in [3.05, 3.63) is 33.8 Å². The molecule has 0 fully saturated rings. The van der Waals surface area contributed by atoms with Crippen molar-refractivity contribution < 1.29 is 0 Å². The average Bonchev–Trinajstić information content (AvgIpc) is 2.19. The minimum absolute atomic E-state index is 0.534. The molecule has 1 nitrogen and oxygen atoms in total. The molecule has 14 heavy (non-hydrogen) atoms. The smallest absolute Gasteiger partial charge is 0.0595 e. The highest BCUT2D eigenvalue weighted by Gasteiger charge is 2.06. The number of halogens is 2. The fourth-order valence-electron chi connectivity index (χ4n) is 1.39. The summed E-state index contributed by atoms with van der Waals surface area (Å²) in [6.45, 7) is 2.87. The predicted molar refractivity (Wildman–Crippen MR) is 63.0 cm³/mol. The van der Waals surface area contributed by atoms with Gasteiger partial charge in [-0.05, 0) is 36.6 Å². The molecule has 0 radical (unpaired) electrons. The van der Waals surface area contributed by atoms with Gasteiger partial charge in [0.05, 0.1) is 10.0 Å². The second-order valence-corrected chi connectivity index (χ2v) is 4.28. The van der Waals surface area contributed by atoms with Crippen LogP contribution in [0.2, 0.25) is 10.0 Å². The summed E-state index contributed by atoms with van der Waals surface area (Å²) in [5.74, 6) is 0.534. The standard InChI is InChI=1S/C11H15Cl2N/c1-2-8(7-14)5-9-3-4-10(12)11(13)6-9/h3-4,6,8H,2,5,7,14H2,1H3. The summed E-state index contributed by atoms with van der Waals surface area (Å²) < 4.78 is 0. The summed E-state index contributed by atoms with van der Waals surface area (Å²) in [5.41, 5.74) is 6.85. The third-order valence-electron chi connectivity index (χ3n) is 2.42. The SMILES string of the molecule is CCC(CN)Cc1ccc(Cl)c(Cl)c1. The van der Waals surface area contributed by atoms with E-state index in [1.807, 2.05) is 18.2 Å². The molecule has 0 aliphatic rings. The molecule has 0 aliphatic heterocycles. The van der Waals surface area contributed by atoms with Gasteiger partial charge in [-0.15, -0.1) is 0 Å². The van der Waals surface area contributed by atoms with Crippen LogP contribution >= 0.6 is 23.2 Å². The van der Waals surface area contributed by atoms with E-state index in [2.05, 4.69) is 6.92 Å². The third kappa shape index (κ3) is 3.16. The molecule has 0 saturated carbocycles. The zero-order chi connectivity index (χ0) is 10.6. The zero-order valence-electron chi connectivity index (χ0n) is 8.26. The molecule has 1 atom stereocenters. The Morgan fingerprint density at radius 3 is 2.50 bits per heavy atom. The Morgan fingerprint density at radius 1 is 1.29 bits per heavy atom. The van der Waals surface area contributed by atoms with Crippen LogP contribution in [-0.2, 0) is 6.42 Å². The van der Waals surface area contributed by atoms with Gasteiger partial charge in [0.15, 0.2) is 0 Å². The Balaban J connectivity index is 2.72. The highest BCUT2D eigenvalue weighted by atomic mass is 35.5. The monoisotopic (exact) mass is 231 g/mol. The van der Waals surface area contributed by atoms with E-state index >= 15 is 0 Å². The van der Waals surface area contributed by atoms with E-state index in [0.29, 0.717) is 16.0 Å². The number of rotatable bonds is 4. The molecule has 78 valence electrons. The molecule has 1 rings (SSSR count). The van der Waals surface area contributed by atoms with Crippen LogP contribution < -0.4 is 5.73 Å². The first kappa shape index (κ1) is 11.8. The molecule has 1 aromatic carbocycles. The van der Waals surface area contributed by atoms with Crippen LogP contribution in [0.5, 0.6) is 0 Å². The van der Waals surface area contributed by atoms with Gasteiger partial charge < -0.3 is 5.73 Å². The number of hydrogen-bond acceptors (Lipinski definition) is 1. The first-order chi connectivity index (χ1) is 6.67. The maximum atomic E-state index is 5.92. The molecule has 0 spiro atoms. The Morgan fingerprint density at radius 2 is 2.00 bits per heavy atom. The van der Waals surface area contributed by atoms with E-state index < -0.39 is 0 Å². The van der Waals surface area contributed by atoms with Crippen molar-refractivity contribution in [3.63, 3.8) is 0 Å². The second kappa shape index (κ2) is 5.59. The summed E-state index contributed by atoms with van der Waals surface area (Å²) >= 11 is 11.7. The first-order valence-electron chi connectivity index (χ1n) is 4.81. The van der Waals surface area contributed by atoms with Gasteiger partial charge in [-0.3, -0.25) is 0 Å². The molecular weight excluding hydrogens is 217 g/mol. The lowest BCUT2D eigenvalue weighted by atomic mass is 9.97. The highest BCUT2D eigenvalue weighted by molar-refractivity contribution is 6.42. The lowest BCUT2D eigenvalue weighted by molar-refractivity contribution is 0.519. The molecule has 2 N–H and O–H groups in total. The molecular formula is C11H15Cl2N. The Labute approximate surface area is 95.2 Å². The first-order valence-corrected chi connectivity index (χ1v) is 5.57. The Bertz CT molecular complexity index is 295. The maximum Gasteiger partial charge on any atom is 0.0595 e. The minimum atomic E-state index is 0.534. The number of hydrogen-bond donors (Lipinski definition) is 1. The van der Waals surface area contributed by atoms with E-state index in [-0.39, 0.29) is 0 Å². The van der Waals surface area contributed by atoms with Crippen LogP contribution in [0.4, 0.5) is 0 Å². The topological polar surface area (TPSA) is 26.0 Å². The quantitative estimate of drug-likeness (QED) is 0.844. The van der Waals surface area contributed by atoms with E-state index in [4.69, 9.17) is 28.9 Å². The van der Waals surface area contributed by atoms with Crippen molar-refractivity contribution in [1.29, 1.82) is 0 Å². The fraction of sp³-hybridized carbons (Fsp3) is 0.455. The fourth-order valence-corrected chi connectivity index (χ4v) is 1.71. The summed E-state index contributed by atoms with van der Waals surface area (Å²) in [7, 11) is 0. The largest absolute Gasteiger partial charge is 0.330 e. The van der Waals surface area contributed by atoms with E-state index in [1.165, 1.54) is 5.56 Å². The van der Waals surface area contributed by atoms with Crippen LogP contribution in [0.15, 0.2) is 18.2 Å².